The summed E-state index contributed by atoms with van der Waals surface area (Å²) >= 11 is 0. The number of carbonyl (C=O) groups is 2. The van der Waals surface area contributed by atoms with Crippen LogP contribution in [0.3, 0.4) is 0 Å². The Bertz CT molecular complexity index is 661. The van der Waals surface area contributed by atoms with E-state index in [4.69, 9.17) is 15.2 Å². The van der Waals surface area contributed by atoms with E-state index in [0.717, 1.165) is 19.3 Å². The molecule has 6 nitrogen and oxygen atoms in total. The van der Waals surface area contributed by atoms with Crippen molar-refractivity contribution in [1.29, 1.82) is 0 Å². The number of carbonyl (C=O) groups excluding carboxylic acids is 2. The van der Waals surface area contributed by atoms with E-state index in [1.807, 2.05) is 13.8 Å². The summed E-state index contributed by atoms with van der Waals surface area (Å²) in [7, 11) is 0. The van der Waals surface area contributed by atoms with Crippen molar-refractivity contribution < 1.29 is 19.1 Å². The van der Waals surface area contributed by atoms with Crippen LogP contribution in [0.4, 0.5) is 0 Å². The molecule has 1 aromatic rings. The van der Waals surface area contributed by atoms with Crippen LogP contribution in [0.1, 0.15) is 43.5 Å². The van der Waals surface area contributed by atoms with Crippen LogP contribution in [0, 0.1) is 17.8 Å². The molecule has 0 aromatic heterocycles. The van der Waals surface area contributed by atoms with Gasteiger partial charge < -0.3 is 20.5 Å². The molecule has 0 saturated heterocycles. The van der Waals surface area contributed by atoms with E-state index in [2.05, 4.69) is 5.32 Å². The summed E-state index contributed by atoms with van der Waals surface area (Å²) in [6.07, 6.45) is 3.06. The van der Waals surface area contributed by atoms with Crippen molar-refractivity contribution >= 4 is 11.8 Å². The van der Waals surface area contributed by atoms with E-state index in [-0.39, 0.29) is 23.8 Å². The summed E-state index contributed by atoms with van der Waals surface area (Å²) in [5.74, 6) is 1.07. The lowest BCUT2D eigenvalue weighted by Crippen LogP contribution is -2.48. The first-order valence-electron chi connectivity index (χ1n) is 9.05. The summed E-state index contributed by atoms with van der Waals surface area (Å²) in [5, 5.41) is 3.04. The van der Waals surface area contributed by atoms with Gasteiger partial charge in [-0.05, 0) is 63.1 Å². The normalized spacial score (nSPS) is 27.1. The zero-order chi connectivity index (χ0) is 18.0. The Hall–Kier alpha value is -2.24. The highest BCUT2D eigenvalue weighted by Gasteiger charge is 2.50. The minimum absolute atomic E-state index is 0.161. The van der Waals surface area contributed by atoms with Gasteiger partial charge in [-0.15, -0.1) is 0 Å². The van der Waals surface area contributed by atoms with Crippen molar-refractivity contribution in [2.75, 3.05) is 13.2 Å². The highest BCUT2D eigenvalue weighted by Crippen LogP contribution is 2.48. The van der Waals surface area contributed by atoms with Crippen molar-refractivity contribution in [3.8, 4) is 11.5 Å². The second-order valence-electron chi connectivity index (χ2n) is 6.79. The molecular formula is C19H26N2O4. The molecule has 1 aromatic carbocycles. The maximum atomic E-state index is 12.7. The predicted molar refractivity (Wildman–Crippen MR) is 93.5 cm³/mol. The van der Waals surface area contributed by atoms with Crippen LogP contribution < -0.4 is 20.5 Å². The van der Waals surface area contributed by atoms with Gasteiger partial charge in [0.25, 0.3) is 5.91 Å². The van der Waals surface area contributed by atoms with Crippen molar-refractivity contribution in [3.63, 3.8) is 0 Å². The van der Waals surface area contributed by atoms with Gasteiger partial charge in [-0.2, -0.15) is 0 Å². The van der Waals surface area contributed by atoms with E-state index < -0.39 is 0 Å². The van der Waals surface area contributed by atoms with Crippen molar-refractivity contribution in [1.82, 2.24) is 5.32 Å². The Morgan fingerprint density at radius 2 is 1.80 bits per heavy atom. The highest BCUT2D eigenvalue weighted by molar-refractivity contribution is 5.95. The number of benzene rings is 1. The molecule has 0 heterocycles. The van der Waals surface area contributed by atoms with Crippen molar-refractivity contribution in [3.05, 3.63) is 23.8 Å². The number of hydrogen-bond donors (Lipinski definition) is 2. The van der Waals surface area contributed by atoms with Gasteiger partial charge in [-0.3, -0.25) is 9.59 Å². The van der Waals surface area contributed by atoms with Crippen LogP contribution in [0.25, 0.3) is 0 Å². The Labute approximate surface area is 148 Å². The van der Waals surface area contributed by atoms with Gasteiger partial charge in [0.15, 0.2) is 11.5 Å². The molecule has 2 fully saturated rings. The fourth-order valence-electron chi connectivity index (χ4n) is 4.34. The molecule has 2 saturated carbocycles. The molecule has 25 heavy (non-hydrogen) atoms. The van der Waals surface area contributed by atoms with Gasteiger partial charge in [0.05, 0.1) is 19.1 Å². The predicted octanol–water partition coefficient (Wildman–Crippen LogP) is 2.11. The molecule has 2 amide bonds. The van der Waals surface area contributed by atoms with Gasteiger partial charge >= 0.3 is 0 Å². The second kappa shape index (κ2) is 7.33. The topological polar surface area (TPSA) is 90.6 Å². The first-order chi connectivity index (χ1) is 12.0. The highest BCUT2D eigenvalue weighted by atomic mass is 16.5. The zero-order valence-corrected chi connectivity index (χ0v) is 14.8. The van der Waals surface area contributed by atoms with Crippen molar-refractivity contribution in [2.24, 2.45) is 23.5 Å². The van der Waals surface area contributed by atoms with Crippen LogP contribution in [-0.4, -0.2) is 31.1 Å². The molecule has 0 spiro atoms. The Morgan fingerprint density at radius 3 is 2.48 bits per heavy atom. The lowest BCUT2D eigenvalue weighted by molar-refractivity contribution is -0.124. The monoisotopic (exact) mass is 346 g/mol. The summed E-state index contributed by atoms with van der Waals surface area (Å²) in [5.41, 5.74) is 6.08. The number of fused-ring (bicyclic) bond motifs is 2. The van der Waals surface area contributed by atoms with Crippen molar-refractivity contribution in [2.45, 2.75) is 39.2 Å². The van der Waals surface area contributed by atoms with Crippen LogP contribution in [-0.2, 0) is 4.79 Å². The van der Waals surface area contributed by atoms with Gasteiger partial charge in [0.2, 0.25) is 5.91 Å². The summed E-state index contributed by atoms with van der Waals surface area (Å²) in [6, 6.07) is 4.99. The number of primary amides is 1. The summed E-state index contributed by atoms with van der Waals surface area (Å²) < 4.78 is 11.1. The molecule has 0 unspecified atom stereocenters. The first-order valence-corrected chi connectivity index (χ1v) is 9.05. The maximum absolute atomic E-state index is 12.7. The average molecular weight is 346 g/mol. The van der Waals surface area contributed by atoms with E-state index in [9.17, 15) is 9.59 Å². The van der Waals surface area contributed by atoms with Gasteiger partial charge in [-0.1, -0.05) is 0 Å². The van der Waals surface area contributed by atoms with Crippen LogP contribution >= 0.6 is 0 Å². The lowest BCUT2D eigenvalue weighted by Gasteiger charge is -2.29. The molecule has 3 rings (SSSR count). The van der Waals surface area contributed by atoms with Crippen LogP contribution in [0.5, 0.6) is 11.5 Å². The third-order valence-electron chi connectivity index (χ3n) is 5.35. The fraction of sp³-hybridized carbons (Fsp3) is 0.579. The number of rotatable bonds is 7. The van der Waals surface area contributed by atoms with E-state index >= 15 is 0 Å². The zero-order valence-electron chi connectivity index (χ0n) is 14.8. The van der Waals surface area contributed by atoms with Crippen LogP contribution in [0.2, 0.25) is 0 Å². The number of ether oxygens (including phenoxy) is 2. The maximum Gasteiger partial charge on any atom is 0.251 e. The molecule has 2 aliphatic carbocycles. The third kappa shape index (κ3) is 3.43. The quantitative estimate of drug-likeness (QED) is 0.791. The minimum atomic E-state index is -0.306. The lowest BCUT2D eigenvalue weighted by atomic mass is 9.84. The Kier molecular flexibility index (Phi) is 5.16. The largest absolute Gasteiger partial charge is 0.490 e. The Balaban J connectivity index is 1.76. The number of amides is 2. The SMILES string of the molecule is CCOc1ccc(C(=O)N[C@@H]2[C@H]3CC[C@@H](C3)[C@@H]2C(N)=O)cc1OCC. The average Bonchev–Trinajstić information content (AvgIpc) is 3.18. The molecule has 6 heteroatoms. The molecule has 2 bridgehead atoms. The van der Waals surface area contributed by atoms with E-state index in [1.54, 1.807) is 18.2 Å². The van der Waals surface area contributed by atoms with E-state index in [0.29, 0.717) is 42.1 Å². The first kappa shape index (κ1) is 17.6. The summed E-state index contributed by atoms with van der Waals surface area (Å²) in [6.45, 7) is 4.79. The van der Waals surface area contributed by atoms with Crippen LogP contribution in [0.15, 0.2) is 18.2 Å². The summed E-state index contributed by atoms with van der Waals surface area (Å²) in [4.78, 5) is 24.5. The smallest absolute Gasteiger partial charge is 0.251 e. The second-order valence-corrected chi connectivity index (χ2v) is 6.79. The Morgan fingerprint density at radius 1 is 1.12 bits per heavy atom. The standard InChI is InChI=1S/C19H26N2O4/c1-3-24-14-8-7-13(10-15(14)25-4-2)19(23)21-17-12-6-5-11(9-12)16(17)18(20)22/h7-8,10-12,16-17H,3-6,9H2,1-2H3,(H2,20,22)(H,21,23)/t11-,12-,16-,17+/m0/s1. The molecule has 136 valence electrons. The third-order valence-corrected chi connectivity index (χ3v) is 5.35. The number of nitrogens with two attached hydrogens (primary N) is 1. The van der Waals surface area contributed by atoms with Gasteiger partial charge in [-0.25, -0.2) is 0 Å². The molecule has 4 atom stereocenters. The molecular weight excluding hydrogens is 320 g/mol. The van der Waals surface area contributed by atoms with Gasteiger partial charge in [0.1, 0.15) is 0 Å². The molecule has 0 radical (unpaired) electrons. The number of hydrogen-bond acceptors (Lipinski definition) is 4. The molecule has 3 N–H and O–H groups in total. The molecule has 0 aliphatic heterocycles. The molecule has 2 aliphatic rings. The van der Waals surface area contributed by atoms with E-state index in [1.165, 1.54) is 0 Å². The van der Waals surface area contributed by atoms with Gasteiger partial charge in [0, 0.05) is 11.6 Å². The minimum Gasteiger partial charge on any atom is -0.490 e. The fourth-order valence-corrected chi connectivity index (χ4v) is 4.34. The number of nitrogens with one attached hydrogen (secondary N) is 1.